The minimum Gasteiger partial charge on any atom is -0.450 e. The number of carbonyl (C=O) groups excluding carboxylic acids is 1. The SMILES string of the molecule is CCN(CC)CCN1C(=O)c2oc3ccc(C)cc3c(=O)c2C1c1ccc(C)cc1. The fourth-order valence-corrected chi connectivity index (χ4v) is 4.25. The van der Waals surface area contributed by atoms with E-state index >= 15 is 0 Å². The van der Waals surface area contributed by atoms with Crippen LogP contribution in [-0.2, 0) is 0 Å². The summed E-state index contributed by atoms with van der Waals surface area (Å²) in [5, 5.41) is 0.532. The summed E-state index contributed by atoms with van der Waals surface area (Å²) < 4.78 is 6.01. The van der Waals surface area contributed by atoms with Crippen LogP contribution in [0.15, 0.2) is 51.7 Å². The van der Waals surface area contributed by atoms with Crippen molar-refractivity contribution in [1.82, 2.24) is 9.80 Å². The average Bonchev–Trinajstić information content (AvgIpc) is 3.02. The molecular weight excluding hydrogens is 376 g/mol. The van der Waals surface area contributed by atoms with Crippen LogP contribution < -0.4 is 5.43 Å². The molecule has 0 saturated carbocycles. The smallest absolute Gasteiger partial charge is 0.290 e. The molecule has 1 aliphatic heterocycles. The first kappa shape index (κ1) is 20.4. The maximum Gasteiger partial charge on any atom is 0.290 e. The van der Waals surface area contributed by atoms with E-state index in [-0.39, 0.29) is 17.1 Å². The summed E-state index contributed by atoms with van der Waals surface area (Å²) >= 11 is 0. The van der Waals surface area contributed by atoms with Gasteiger partial charge in [0.25, 0.3) is 5.91 Å². The van der Waals surface area contributed by atoms with Gasteiger partial charge in [-0.05, 0) is 44.6 Å². The van der Waals surface area contributed by atoms with Crippen molar-refractivity contribution in [2.75, 3.05) is 26.2 Å². The molecule has 5 heteroatoms. The average molecular weight is 405 g/mol. The Hall–Kier alpha value is -2.92. The number of carbonyl (C=O) groups is 1. The van der Waals surface area contributed by atoms with Gasteiger partial charge in [0.2, 0.25) is 5.76 Å². The molecule has 1 unspecified atom stereocenters. The monoisotopic (exact) mass is 404 g/mol. The first-order valence-corrected chi connectivity index (χ1v) is 10.6. The van der Waals surface area contributed by atoms with Crippen LogP contribution in [0.2, 0.25) is 0 Å². The fourth-order valence-electron chi connectivity index (χ4n) is 4.25. The topological polar surface area (TPSA) is 53.8 Å². The van der Waals surface area contributed by atoms with E-state index in [9.17, 15) is 9.59 Å². The minimum atomic E-state index is -0.426. The number of hydrogen-bond acceptors (Lipinski definition) is 4. The van der Waals surface area contributed by atoms with Gasteiger partial charge in [-0.3, -0.25) is 9.59 Å². The quantitative estimate of drug-likeness (QED) is 0.615. The maximum atomic E-state index is 13.5. The number of amides is 1. The molecule has 0 bridgehead atoms. The van der Waals surface area contributed by atoms with Gasteiger partial charge in [0.05, 0.1) is 17.0 Å². The highest BCUT2D eigenvalue weighted by Gasteiger charge is 2.42. The Morgan fingerprint density at radius 1 is 0.967 bits per heavy atom. The van der Waals surface area contributed by atoms with E-state index in [1.165, 1.54) is 0 Å². The number of aryl methyl sites for hydroxylation is 2. The second kappa shape index (κ2) is 8.07. The lowest BCUT2D eigenvalue weighted by Crippen LogP contribution is -2.37. The van der Waals surface area contributed by atoms with Gasteiger partial charge >= 0.3 is 0 Å². The summed E-state index contributed by atoms with van der Waals surface area (Å²) in [7, 11) is 0. The minimum absolute atomic E-state index is 0.112. The molecule has 2 aromatic carbocycles. The van der Waals surface area contributed by atoms with E-state index in [1.807, 2.05) is 50.2 Å². The third-order valence-electron chi connectivity index (χ3n) is 6.07. The molecule has 1 atom stereocenters. The molecule has 1 amide bonds. The highest BCUT2D eigenvalue weighted by molar-refractivity contribution is 5.99. The summed E-state index contributed by atoms with van der Waals surface area (Å²) in [5.41, 5.74) is 3.88. The van der Waals surface area contributed by atoms with Crippen molar-refractivity contribution in [3.63, 3.8) is 0 Å². The third kappa shape index (κ3) is 3.43. The van der Waals surface area contributed by atoms with Crippen LogP contribution in [0, 0.1) is 13.8 Å². The summed E-state index contributed by atoms with van der Waals surface area (Å²) in [6, 6.07) is 13.1. The Morgan fingerprint density at radius 2 is 1.63 bits per heavy atom. The van der Waals surface area contributed by atoms with E-state index in [0.717, 1.165) is 36.3 Å². The zero-order valence-electron chi connectivity index (χ0n) is 18.1. The van der Waals surface area contributed by atoms with Crippen molar-refractivity contribution in [3.05, 3.63) is 80.7 Å². The first-order chi connectivity index (χ1) is 14.4. The summed E-state index contributed by atoms with van der Waals surface area (Å²) in [6.07, 6.45) is 0. The molecule has 0 saturated heterocycles. The van der Waals surface area contributed by atoms with E-state index in [1.54, 1.807) is 11.0 Å². The Bertz CT molecular complexity index is 1140. The lowest BCUT2D eigenvalue weighted by molar-refractivity contribution is 0.0708. The van der Waals surface area contributed by atoms with E-state index in [0.29, 0.717) is 23.1 Å². The van der Waals surface area contributed by atoms with Gasteiger partial charge in [-0.1, -0.05) is 55.3 Å². The first-order valence-electron chi connectivity index (χ1n) is 10.6. The van der Waals surface area contributed by atoms with Crippen LogP contribution >= 0.6 is 0 Å². The molecule has 156 valence electrons. The Kier molecular flexibility index (Phi) is 5.48. The van der Waals surface area contributed by atoms with Crippen LogP contribution in [0.4, 0.5) is 0 Å². The fraction of sp³-hybridized carbons (Fsp3) is 0.360. The number of fused-ring (bicyclic) bond motifs is 2. The second-order valence-electron chi connectivity index (χ2n) is 8.01. The van der Waals surface area contributed by atoms with Crippen molar-refractivity contribution < 1.29 is 9.21 Å². The molecule has 1 aliphatic rings. The zero-order chi connectivity index (χ0) is 21.4. The summed E-state index contributed by atoms with van der Waals surface area (Å²) in [4.78, 5) is 31.0. The van der Waals surface area contributed by atoms with Crippen LogP contribution in [0.1, 0.15) is 52.7 Å². The van der Waals surface area contributed by atoms with E-state index < -0.39 is 6.04 Å². The molecule has 0 spiro atoms. The lowest BCUT2D eigenvalue weighted by Gasteiger charge is -2.28. The van der Waals surface area contributed by atoms with Gasteiger partial charge in [-0.15, -0.1) is 0 Å². The van der Waals surface area contributed by atoms with Crippen LogP contribution in [0.5, 0.6) is 0 Å². The second-order valence-corrected chi connectivity index (χ2v) is 8.01. The largest absolute Gasteiger partial charge is 0.450 e. The summed E-state index contributed by atoms with van der Waals surface area (Å²) in [5.74, 6) is -0.0243. The van der Waals surface area contributed by atoms with Crippen molar-refractivity contribution in [2.45, 2.75) is 33.7 Å². The lowest BCUT2D eigenvalue weighted by atomic mass is 9.97. The van der Waals surface area contributed by atoms with Crippen molar-refractivity contribution in [3.8, 4) is 0 Å². The van der Waals surface area contributed by atoms with E-state index in [2.05, 4.69) is 18.7 Å². The molecular formula is C25H28N2O3. The highest BCUT2D eigenvalue weighted by Crippen LogP contribution is 2.38. The third-order valence-corrected chi connectivity index (χ3v) is 6.07. The number of rotatable bonds is 6. The predicted octanol–water partition coefficient (Wildman–Crippen LogP) is 4.30. The van der Waals surface area contributed by atoms with Gasteiger partial charge < -0.3 is 14.2 Å². The van der Waals surface area contributed by atoms with Gasteiger partial charge in [-0.2, -0.15) is 0 Å². The standard InChI is InChI=1S/C25H28N2O3/c1-5-26(6-2)13-14-27-22(18-10-7-16(3)8-11-18)21-23(28)19-15-17(4)9-12-20(19)30-24(21)25(27)29/h7-12,15,22H,5-6,13-14H2,1-4H3. The highest BCUT2D eigenvalue weighted by atomic mass is 16.3. The number of likely N-dealkylation sites (N-methyl/N-ethyl adjacent to an activating group) is 1. The molecule has 30 heavy (non-hydrogen) atoms. The molecule has 0 radical (unpaired) electrons. The number of hydrogen-bond donors (Lipinski definition) is 0. The Morgan fingerprint density at radius 3 is 2.30 bits per heavy atom. The van der Waals surface area contributed by atoms with Crippen molar-refractivity contribution in [1.29, 1.82) is 0 Å². The Labute approximate surface area is 176 Å². The van der Waals surface area contributed by atoms with Gasteiger partial charge in [0.1, 0.15) is 5.58 Å². The van der Waals surface area contributed by atoms with E-state index in [4.69, 9.17) is 4.42 Å². The maximum absolute atomic E-state index is 13.5. The predicted molar refractivity (Wildman–Crippen MR) is 119 cm³/mol. The van der Waals surface area contributed by atoms with Gasteiger partial charge in [0, 0.05) is 13.1 Å². The van der Waals surface area contributed by atoms with Crippen LogP contribution in [-0.4, -0.2) is 41.9 Å². The molecule has 2 heterocycles. The molecule has 0 fully saturated rings. The molecule has 3 aromatic rings. The van der Waals surface area contributed by atoms with Crippen molar-refractivity contribution >= 4 is 16.9 Å². The van der Waals surface area contributed by atoms with Gasteiger partial charge in [-0.25, -0.2) is 0 Å². The summed E-state index contributed by atoms with van der Waals surface area (Å²) in [6.45, 7) is 11.3. The van der Waals surface area contributed by atoms with Crippen LogP contribution in [0.25, 0.3) is 11.0 Å². The molecule has 4 rings (SSSR count). The Balaban J connectivity index is 1.87. The zero-order valence-corrected chi connectivity index (χ0v) is 18.1. The number of benzene rings is 2. The molecule has 1 aromatic heterocycles. The molecule has 0 aliphatic carbocycles. The molecule has 5 nitrogen and oxygen atoms in total. The number of nitrogens with zero attached hydrogens (tertiary/aromatic N) is 2. The molecule has 0 N–H and O–H groups in total. The van der Waals surface area contributed by atoms with Crippen molar-refractivity contribution in [2.24, 2.45) is 0 Å². The van der Waals surface area contributed by atoms with Crippen LogP contribution in [0.3, 0.4) is 0 Å². The normalized spacial score (nSPS) is 16.0. The van der Waals surface area contributed by atoms with Gasteiger partial charge in [0.15, 0.2) is 5.43 Å².